The van der Waals surface area contributed by atoms with Gasteiger partial charge >= 0.3 is 12.6 Å². The molecule has 0 radical (unpaired) electrons. The highest BCUT2D eigenvalue weighted by molar-refractivity contribution is 7.90. The van der Waals surface area contributed by atoms with Gasteiger partial charge in [-0.15, -0.1) is 0 Å². The van der Waals surface area contributed by atoms with Gasteiger partial charge in [0.05, 0.1) is 11.5 Å². The lowest BCUT2D eigenvalue weighted by atomic mass is 9.91. The molecule has 14 nitrogen and oxygen atoms in total. The molecule has 1 aliphatic rings. The van der Waals surface area contributed by atoms with E-state index in [-0.39, 0.29) is 47.5 Å². The molecule has 1 fully saturated rings. The third kappa shape index (κ3) is 9.16. The lowest BCUT2D eigenvalue weighted by Crippen LogP contribution is -2.32. The van der Waals surface area contributed by atoms with Gasteiger partial charge in [-0.25, -0.2) is 18.4 Å². The number of hydrogen-bond acceptors (Lipinski definition) is 14. The first-order valence-electron chi connectivity index (χ1n) is 19.9. The van der Waals surface area contributed by atoms with E-state index in [1.807, 2.05) is 56.3 Å². The van der Waals surface area contributed by atoms with Crippen molar-refractivity contribution >= 4 is 38.0 Å². The van der Waals surface area contributed by atoms with E-state index in [2.05, 4.69) is 15.6 Å². The van der Waals surface area contributed by atoms with E-state index in [1.54, 1.807) is 12.3 Å². The number of aromatic nitrogens is 3. The Hall–Kier alpha value is -6.27. The van der Waals surface area contributed by atoms with E-state index in [0.29, 0.717) is 65.4 Å². The van der Waals surface area contributed by atoms with Gasteiger partial charge in [0.15, 0.2) is 21.0 Å². The average Bonchev–Trinajstić information content (AvgIpc) is 4.03. The zero-order valence-electron chi connectivity index (χ0n) is 34.0. The van der Waals surface area contributed by atoms with Crippen LogP contribution in [0.5, 0.6) is 11.5 Å². The lowest BCUT2D eigenvalue weighted by molar-refractivity contribution is -0.147. The minimum absolute atomic E-state index is 0.0454. The summed E-state index contributed by atoms with van der Waals surface area (Å²) in [6.07, 6.45) is 5.44. The van der Waals surface area contributed by atoms with E-state index in [1.165, 1.54) is 24.4 Å². The number of aliphatic hydroxyl groups is 1. The number of alkyl halides is 2. The number of nitrogens with one attached hydrogen (secondary N) is 2. The number of aliphatic hydroxyl groups excluding tert-OH is 1. The van der Waals surface area contributed by atoms with Gasteiger partial charge in [0, 0.05) is 71.7 Å². The number of hydrogen-bond donors (Lipinski definition) is 3. The maximum absolute atomic E-state index is 13.5. The van der Waals surface area contributed by atoms with Crippen molar-refractivity contribution < 1.29 is 50.1 Å². The Bertz CT molecular complexity index is 2890. The van der Waals surface area contributed by atoms with Crippen molar-refractivity contribution in [2.75, 3.05) is 26.0 Å². The van der Waals surface area contributed by atoms with Gasteiger partial charge in [-0.2, -0.15) is 8.78 Å². The summed E-state index contributed by atoms with van der Waals surface area (Å²) in [5, 5.41) is 15.6. The van der Waals surface area contributed by atoms with Crippen LogP contribution in [0.3, 0.4) is 0 Å². The first-order chi connectivity index (χ1) is 29.9. The van der Waals surface area contributed by atoms with Crippen molar-refractivity contribution in [3.63, 3.8) is 0 Å². The molecule has 17 heteroatoms. The molecule has 4 heterocycles. The van der Waals surface area contributed by atoms with Crippen LogP contribution in [0.15, 0.2) is 92.9 Å². The van der Waals surface area contributed by atoms with Crippen LogP contribution in [-0.2, 0) is 39.1 Å². The molecule has 4 aromatic carbocycles. The molecule has 8 rings (SSSR count). The first kappa shape index (κ1) is 42.4. The number of esters is 1. The van der Waals surface area contributed by atoms with Crippen LogP contribution in [0, 0.1) is 13.8 Å². The summed E-state index contributed by atoms with van der Waals surface area (Å²) in [6, 6.07) is 19.1. The Morgan fingerprint density at radius 3 is 2.11 bits per heavy atom. The summed E-state index contributed by atoms with van der Waals surface area (Å²) < 4.78 is 80.1. The molecule has 0 amide bonds. The van der Waals surface area contributed by atoms with Gasteiger partial charge in [0.2, 0.25) is 11.8 Å². The van der Waals surface area contributed by atoms with Crippen LogP contribution >= 0.6 is 0 Å². The second-order valence-corrected chi connectivity index (χ2v) is 17.0. The van der Waals surface area contributed by atoms with Crippen molar-refractivity contribution in [2.24, 2.45) is 0 Å². The number of ether oxygens (including phenoxy) is 3. The fourth-order valence-corrected chi connectivity index (χ4v) is 8.10. The number of sulfone groups is 1. The Morgan fingerprint density at radius 1 is 0.887 bits per heavy atom. The van der Waals surface area contributed by atoms with E-state index in [0.717, 1.165) is 46.1 Å². The van der Waals surface area contributed by atoms with Crippen molar-refractivity contribution in [2.45, 2.75) is 64.0 Å². The molecule has 0 spiro atoms. The van der Waals surface area contributed by atoms with E-state index in [4.69, 9.17) is 33.0 Å². The molecule has 62 heavy (non-hydrogen) atoms. The van der Waals surface area contributed by atoms with Gasteiger partial charge in [0.25, 0.3) is 0 Å². The minimum atomic E-state index is -3.46. The van der Waals surface area contributed by atoms with Gasteiger partial charge in [0.1, 0.15) is 41.8 Å². The second-order valence-electron chi connectivity index (χ2n) is 15.0. The number of carbonyl (C=O) groups excluding carboxylic acids is 1. The number of rotatable bonds is 16. The highest BCUT2D eigenvalue weighted by Gasteiger charge is 2.25. The topological polar surface area (TPSA) is 188 Å². The summed E-state index contributed by atoms with van der Waals surface area (Å²) >= 11 is 0. The maximum Gasteiger partial charge on any atom is 0.387 e. The average molecular weight is 868 g/mol. The van der Waals surface area contributed by atoms with Gasteiger partial charge in [-0.1, -0.05) is 24.3 Å². The Morgan fingerprint density at radius 2 is 1.52 bits per heavy atom. The highest BCUT2D eigenvalue weighted by Crippen LogP contribution is 2.39. The number of benzene rings is 4. The standard InChI is InChI=1S/C45H43F2N5O9S/c1-25-31(32-8-5-10-34(26(32)2)43-52-37-17-29(24-58-44(54)35-11-6-12-50-35)39(61-45(46)47)19-41(37)60-43)7-4-9-33(25)42-51-36-16-28(21-48-13-14-53)38(18-40(36)59-42)57-23-27-15-30(22-49-20-27)62(3,55)56/h4-5,7-10,15-20,22,35,45,48,50,53H,6,11-14,21,23-24H2,1-3H3/t35-/m0/s1. The molecule has 0 unspecified atom stereocenters. The Balaban J connectivity index is 1.09. The summed E-state index contributed by atoms with van der Waals surface area (Å²) in [5.74, 6) is 0.499. The summed E-state index contributed by atoms with van der Waals surface area (Å²) in [7, 11) is -3.46. The lowest BCUT2D eigenvalue weighted by Gasteiger charge is -2.14. The smallest absolute Gasteiger partial charge is 0.387 e. The van der Waals surface area contributed by atoms with Crippen LogP contribution < -0.4 is 20.1 Å². The molecule has 0 aliphatic carbocycles. The fourth-order valence-electron chi connectivity index (χ4n) is 7.48. The number of oxazole rings is 2. The highest BCUT2D eigenvalue weighted by atomic mass is 32.2. The molecular formula is C45H43F2N5O9S. The third-order valence-electron chi connectivity index (χ3n) is 10.7. The van der Waals surface area contributed by atoms with E-state index >= 15 is 0 Å². The predicted octanol–water partition coefficient (Wildman–Crippen LogP) is 7.44. The first-order valence-corrected chi connectivity index (χ1v) is 21.8. The molecule has 322 valence electrons. The number of halogens is 2. The summed E-state index contributed by atoms with van der Waals surface area (Å²) in [6.45, 7) is 1.95. The van der Waals surface area contributed by atoms with E-state index in [9.17, 15) is 27.1 Å². The van der Waals surface area contributed by atoms with Gasteiger partial charge < -0.3 is 38.8 Å². The third-order valence-corrected chi connectivity index (χ3v) is 11.8. The number of fused-ring (bicyclic) bond motifs is 2. The Labute approximate surface area is 355 Å². The molecule has 3 aromatic heterocycles. The predicted molar refractivity (Wildman–Crippen MR) is 225 cm³/mol. The number of pyridine rings is 1. The van der Waals surface area contributed by atoms with Crippen molar-refractivity contribution in [1.29, 1.82) is 0 Å². The van der Waals surface area contributed by atoms with E-state index < -0.39 is 28.5 Å². The maximum atomic E-state index is 13.5. The van der Waals surface area contributed by atoms with Gasteiger partial charge in [-0.3, -0.25) is 9.78 Å². The fraction of sp³-hybridized carbons (Fsp3) is 0.289. The van der Waals surface area contributed by atoms with Crippen molar-refractivity contribution in [1.82, 2.24) is 25.6 Å². The van der Waals surface area contributed by atoms with Crippen molar-refractivity contribution in [3.8, 4) is 45.5 Å². The number of nitrogens with zero attached hydrogens (tertiary/aromatic N) is 3. The molecule has 0 bridgehead atoms. The van der Waals surface area contributed by atoms with Crippen LogP contribution in [0.25, 0.3) is 56.2 Å². The second kappa shape index (κ2) is 18.0. The normalized spacial score (nSPS) is 14.3. The SMILES string of the molecule is Cc1c(-c2nc3cc(CNCCO)c(OCc4cncc(S(C)(=O)=O)c4)cc3o2)cccc1-c1cccc(-c2nc3cc(COC(=O)[C@@H]4CCCN4)c(OC(F)F)cc3o2)c1C. The minimum Gasteiger partial charge on any atom is -0.488 e. The summed E-state index contributed by atoms with van der Waals surface area (Å²) in [5.41, 5.74) is 8.15. The number of carbonyl (C=O) groups is 1. The summed E-state index contributed by atoms with van der Waals surface area (Å²) in [4.78, 5) is 26.3. The van der Waals surface area contributed by atoms with Gasteiger partial charge in [-0.05, 0) is 85.8 Å². The molecule has 7 aromatic rings. The van der Waals surface area contributed by atoms with Crippen LogP contribution in [0.4, 0.5) is 8.78 Å². The Kier molecular flexibility index (Phi) is 12.3. The zero-order chi connectivity index (χ0) is 43.5. The molecular weight excluding hydrogens is 825 g/mol. The molecule has 0 saturated carbocycles. The van der Waals surface area contributed by atoms with Crippen LogP contribution in [0.1, 0.15) is 40.7 Å². The molecule has 1 aliphatic heterocycles. The zero-order valence-corrected chi connectivity index (χ0v) is 34.9. The molecule has 1 saturated heterocycles. The van der Waals surface area contributed by atoms with Crippen LogP contribution in [0.2, 0.25) is 0 Å². The monoisotopic (exact) mass is 867 g/mol. The molecule has 1 atom stereocenters. The largest absolute Gasteiger partial charge is 0.488 e. The van der Waals surface area contributed by atoms with Crippen molar-refractivity contribution in [3.05, 3.63) is 107 Å². The molecule has 3 N–H and O–H groups in total. The quantitative estimate of drug-likeness (QED) is 0.0642. The van der Waals surface area contributed by atoms with Crippen LogP contribution in [-0.4, -0.2) is 73.1 Å².